The van der Waals surface area contributed by atoms with Gasteiger partial charge in [-0.15, -0.1) is 18.5 Å². The van der Waals surface area contributed by atoms with Gasteiger partial charge in [-0.2, -0.15) is 0 Å². The number of ether oxygens (including phenoxy) is 1. The lowest BCUT2D eigenvalue weighted by molar-refractivity contribution is 0.185. The van der Waals surface area contributed by atoms with Crippen molar-refractivity contribution < 1.29 is 9.13 Å². The summed E-state index contributed by atoms with van der Waals surface area (Å²) in [5.74, 6) is -0.180. The average molecular weight is 308 g/mol. The normalized spacial score (nSPS) is 10.8. The second kappa shape index (κ2) is 7.27. The Morgan fingerprint density at radius 3 is 2.10 bits per heavy atom. The molecule has 0 bridgehead atoms. The van der Waals surface area contributed by atoms with E-state index >= 15 is 0 Å². The molecule has 0 aliphatic rings. The minimum absolute atomic E-state index is 0.180. The molecule has 2 aromatic carbocycles. The number of hydrogen-bond acceptors (Lipinski definition) is 1. The molecule has 0 aliphatic carbocycles. The van der Waals surface area contributed by atoms with Gasteiger partial charge in [0.1, 0.15) is 5.82 Å². The summed E-state index contributed by atoms with van der Waals surface area (Å²) in [5.41, 5.74) is 4.74. The van der Waals surface area contributed by atoms with E-state index in [9.17, 15) is 4.39 Å². The third kappa shape index (κ3) is 3.44. The lowest BCUT2D eigenvalue weighted by atomic mass is 9.97. The highest BCUT2D eigenvalue weighted by Crippen LogP contribution is 2.29. The first-order chi connectivity index (χ1) is 9.69. The lowest BCUT2D eigenvalue weighted by Crippen LogP contribution is -1.96. The van der Waals surface area contributed by atoms with E-state index in [0.717, 1.165) is 29.0 Å². The fourth-order valence-corrected chi connectivity index (χ4v) is 2.72. The molecule has 0 saturated heterocycles. The molecule has 0 saturated carbocycles. The monoisotopic (exact) mass is 308 g/mol. The van der Waals surface area contributed by atoms with Crippen LogP contribution in [0.3, 0.4) is 0 Å². The van der Waals surface area contributed by atoms with Crippen LogP contribution in [-0.2, 0) is 23.7 Å². The molecule has 0 radical (unpaired) electrons. The maximum Gasteiger partial charge on any atom is 0.131 e. The molecule has 2 aromatic rings. The van der Waals surface area contributed by atoms with E-state index in [0.29, 0.717) is 12.2 Å². The van der Waals surface area contributed by atoms with Crippen molar-refractivity contribution in [3.63, 3.8) is 0 Å². The summed E-state index contributed by atoms with van der Waals surface area (Å²) < 4.78 is 19.5. The number of halogens is 1. The molecule has 20 heavy (non-hydrogen) atoms. The molecule has 2 rings (SSSR count). The standard InChI is InChI=1S/C16H19FOP2/c1-18-8-13-6-11(9-19)2-4-14(13)15-5-3-12(10-20)7-16(15)17/h2-7H,8-10,19-20H2,1H3. The first kappa shape index (κ1) is 15.6. The van der Waals surface area contributed by atoms with Crippen LogP contribution >= 0.6 is 18.5 Å². The third-order valence-electron chi connectivity index (χ3n) is 3.26. The fourth-order valence-electron chi connectivity index (χ4n) is 2.22. The van der Waals surface area contributed by atoms with Crippen LogP contribution in [0.15, 0.2) is 36.4 Å². The third-order valence-corrected chi connectivity index (χ3v) is 4.21. The molecule has 0 amide bonds. The largest absolute Gasteiger partial charge is 0.380 e. The van der Waals surface area contributed by atoms with Gasteiger partial charge in [-0.1, -0.05) is 30.3 Å². The predicted molar refractivity (Wildman–Crippen MR) is 89.4 cm³/mol. The molecular formula is C16H19FOP2. The first-order valence-electron chi connectivity index (χ1n) is 6.49. The highest BCUT2D eigenvalue weighted by Gasteiger charge is 2.11. The van der Waals surface area contributed by atoms with Crippen molar-refractivity contribution >= 4 is 18.5 Å². The predicted octanol–water partition coefficient (Wildman–Crippen LogP) is 4.39. The van der Waals surface area contributed by atoms with Gasteiger partial charge in [-0.05, 0) is 40.6 Å². The number of methoxy groups -OCH3 is 1. The second-order valence-electron chi connectivity index (χ2n) is 4.65. The highest BCUT2D eigenvalue weighted by atomic mass is 31.0. The van der Waals surface area contributed by atoms with Crippen LogP contribution in [-0.4, -0.2) is 7.11 Å². The Kier molecular flexibility index (Phi) is 5.66. The first-order valence-corrected chi connectivity index (χ1v) is 8.12. The van der Waals surface area contributed by atoms with Crippen molar-refractivity contribution in [3.05, 3.63) is 58.9 Å². The number of rotatable bonds is 5. The maximum absolute atomic E-state index is 14.3. The van der Waals surface area contributed by atoms with Gasteiger partial charge in [0.2, 0.25) is 0 Å². The fraction of sp³-hybridized carbons (Fsp3) is 0.250. The molecule has 2 atom stereocenters. The van der Waals surface area contributed by atoms with Crippen molar-refractivity contribution in [1.82, 2.24) is 0 Å². The van der Waals surface area contributed by atoms with Crippen LogP contribution in [0, 0.1) is 5.82 Å². The number of hydrogen-bond donors (Lipinski definition) is 0. The van der Waals surface area contributed by atoms with Crippen LogP contribution in [0.4, 0.5) is 4.39 Å². The molecule has 0 aromatic heterocycles. The Labute approximate surface area is 124 Å². The van der Waals surface area contributed by atoms with E-state index in [-0.39, 0.29) is 5.82 Å². The summed E-state index contributed by atoms with van der Waals surface area (Å²) in [4.78, 5) is 0. The summed E-state index contributed by atoms with van der Waals surface area (Å²) in [7, 11) is 6.97. The molecular weight excluding hydrogens is 289 g/mol. The van der Waals surface area contributed by atoms with Gasteiger partial charge >= 0.3 is 0 Å². The minimum atomic E-state index is -0.180. The summed E-state index contributed by atoms with van der Waals surface area (Å²) in [6, 6.07) is 11.5. The molecule has 4 heteroatoms. The van der Waals surface area contributed by atoms with E-state index in [4.69, 9.17) is 4.74 Å². The molecule has 2 unspecified atom stereocenters. The van der Waals surface area contributed by atoms with E-state index in [1.165, 1.54) is 5.56 Å². The zero-order chi connectivity index (χ0) is 14.5. The Hall–Kier alpha value is -0.810. The van der Waals surface area contributed by atoms with E-state index in [1.807, 2.05) is 24.3 Å². The Morgan fingerprint density at radius 1 is 0.950 bits per heavy atom. The Balaban J connectivity index is 2.50. The molecule has 0 heterocycles. The highest BCUT2D eigenvalue weighted by molar-refractivity contribution is 7.15. The van der Waals surface area contributed by atoms with Crippen LogP contribution in [0.2, 0.25) is 0 Å². The van der Waals surface area contributed by atoms with Crippen molar-refractivity contribution in [2.75, 3.05) is 7.11 Å². The van der Waals surface area contributed by atoms with Crippen LogP contribution in [0.5, 0.6) is 0 Å². The number of benzene rings is 2. The van der Waals surface area contributed by atoms with E-state index in [2.05, 4.69) is 24.5 Å². The second-order valence-corrected chi connectivity index (χ2v) is 5.46. The van der Waals surface area contributed by atoms with Crippen LogP contribution < -0.4 is 0 Å². The molecule has 106 valence electrons. The maximum atomic E-state index is 14.3. The van der Waals surface area contributed by atoms with Gasteiger partial charge in [-0.3, -0.25) is 0 Å². The van der Waals surface area contributed by atoms with E-state index < -0.39 is 0 Å². The smallest absolute Gasteiger partial charge is 0.131 e. The Bertz CT molecular complexity index is 599. The molecule has 0 N–H and O–H groups in total. The average Bonchev–Trinajstić information content (AvgIpc) is 2.47. The quantitative estimate of drug-likeness (QED) is 0.744. The van der Waals surface area contributed by atoms with Gasteiger partial charge in [-0.25, -0.2) is 4.39 Å². The Morgan fingerprint density at radius 2 is 1.55 bits per heavy atom. The van der Waals surface area contributed by atoms with Crippen molar-refractivity contribution in [3.8, 4) is 11.1 Å². The molecule has 0 spiro atoms. The van der Waals surface area contributed by atoms with Gasteiger partial charge < -0.3 is 4.74 Å². The van der Waals surface area contributed by atoms with Crippen molar-refractivity contribution in [2.45, 2.75) is 18.9 Å². The summed E-state index contributed by atoms with van der Waals surface area (Å²) in [6.07, 6.45) is 1.64. The van der Waals surface area contributed by atoms with Gasteiger partial charge in [0.05, 0.1) is 6.61 Å². The summed E-state index contributed by atoms with van der Waals surface area (Å²) >= 11 is 0. The summed E-state index contributed by atoms with van der Waals surface area (Å²) in [6.45, 7) is 0.485. The topological polar surface area (TPSA) is 9.23 Å². The van der Waals surface area contributed by atoms with Crippen molar-refractivity contribution in [2.24, 2.45) is 0 Å². The summed E-state index contributed by atoms with van der Waals surface area (Å²) in [5, 5.41) is 0. The zero-order valence-electron chi connectivity index (χ0n) is 11.5. The molecule has 0 fully saturated rings. The van der Waals surface area contributed by atoms with Crippen molar-refractivity contribution in [1.29, 1.82) is 0 Å². The van der Waals surface area contributed by atoms with Crippen LogP contribution in [0.1, 0.15) is 16.7 Å². The molecule has 0 aliphatic heterocycles. The molecule has 1 nitrogen and oxygen atoms in total. The van der Waals surface area contributed by atoms with E-state index in [1.54, 1.807) is 13.2 Å². The van der Waals surface area contributed by atoms with Gasteiger partial charge in [0, 0.05) is 12.7 Å². The SMILES string of the molecule is COCc1cc(CP)ccc1-c1ccc(CP)cc1F. The minimum Gasteiger partial charge on any atom is -0.380 e. The van der Waals surface area contributed by atoms with Crippen LogP contribution in [0.25, 0.3) is 11.1 Å². The zero-order valence-corrected chi connectivity index (χ0v) is 13.8. The van der Waals surface area contributed by atoms with Gasteiger partial charge in [0.15, 0.2) is 0 Å². The lowest BCUT2D eigenvalue weighted by Gasteiger charge is -2.12. The van der Waals surface area contributed by atoms with Gasteiger partial charge in [0.25, 0.3) is 0 Å².